The van der Waals surface area contributed by atoms with Gasteiger partial charge in [-0.05, 0) is 63.5 Å². The van der Waals surface area contributed by atoms with Gasteiger partial charge in [0.15, 0.2) is 23.7 Å². The van der Waals surface area contributed by atoms with E-state index < -0.39 is 64.5 Å². The quantitative estimate of drug-likeness (QED) is 0.0972. The summed E-state index contributed by atoms with van der Waals surface area (Å²) < 4.78 is 22.3. The highest BCUT2D eigenvalue weighted by molar-refractivity contribution is 6.01. The lowest BCUT2D eigenvalue weighted by atomic mass is 9.44. The van der Waals surface area contributed by atoms with E-state index in [2.05, 4.69) is 10.2 Å². The molecule has 4 aliphatic carbocycles. The standard InChI is InChI=1S/C30H43FN2O11/c1-27-11-9-19(34)14-18(27)7-8-20-21-15-22(35)30(40,28(21,2)16-23(36)29(20,27)31)24(37)17-43-26(39)10-12-32-25(38)6-4-3-5-13-44-33(41)42/h9,11,14,20-23,35-36,40-42H,3-8,10,12-13,15-17H2,1-2H3,(H,32,38)/t20-,21-,22+,23-,27-,28-,29-,30-/m0/s1. The summed E-state index contributed by atoms with van der Waals surface area (Å²) in [6.45, 7) is 2.38. The maximum atomic E-state index is 17.2. The lowest BCUT2D eigenvalue weighted by Gasteiger charge is -2.62. The zero-order chi connectivity index (χ0) is 32.5. The van der Waals surface area contributed by atoms with Crippen molar-refractivity contribution in [1.29, 1.82) is 0 Å². The maximum absolute atomic E-state index is 17.2. The second kappa shape index (κ2) is 13.0. The molecule has 246 valence electrons. The number of aliphatic hydroxyl groups is 3. The molecular weight excluding hydrogens is 583 g/mol. The molecule has 0 spiro atoms. The Morgan fingerprint density at radius 2 is 1.82 bits per heavy atom. The van der Waals surface area contributed by atoms with Crippen LogP contribution < -0.4 is 5.32 Å². The SMILES string of the molecule is C[C@]12C=CC(=O)C=C1CC[C@H]1[C@@H]3C[C@@H](O)[C@](O)(C(=O)COC(=O)CCNC(=O)CCCCCON(O)O)[C@@]3(C)C[C@H](O)[C@@]12F. The largest absolute Gasteiger partial charge is 0.457 e. The number of nitrogens with one attached hydrogen (secondary N) is 1. The molecule has 0 radical (unpaired) electrons. The molecule has 0 bridgehead atoms. The van der Waals surface area contributed by atoms with E-state index in [4.69, 9.17) is 15.2 Å². The number of carbonyl (C=O) groups excluding carboxylic acids is 4. The van der Waals surface area contributed by atoms with Gasteiger partial charge in [0.25, 0.3) is 0 Å². The minimum atomic E-state index is -2.40. The van der Waals surface area contributed by atoms with Gasteiger partial charge in [-0.2, -0.15) is 0 Å². The number of hydrogen-bond acceptors (Lipinski definition) is 12. The zero-order valence-electron chi connectivity index (χ0n) is 25.0. The summed E-state index contributed by atoms with van der Waals surface area (Å²) in [5.74, 6) is -3.82. The van der Waals surface area contributed by atoms with Crippen molar-refractivity contribution >= 4 is 23.4 Å². The molecule has 0 aromatic heterocycles. The van der Waals surface area contributed by atoms with Crippen molar-refractivity contribution in [3.05, 3.63) is 23.8 Å². The van der Waals surface area contributed by atoms with Gasteiger partial charge in [-0.3, -0.25) is 34.4 Å². The number of hydrogen-bond donors (Lipinski definition) is 6. The van der Waals surface area contributed by atoms with E-state index in [0.29, 0.717) is 31.3 Å². The molecule has 3 saturated carbocycles. The first-order valence-corrected chi connectivity index (χ1v) is 15.1. The van der Waals surface area contributed by atoms with E-state index in [1.165, 1.54) is 18.2 Å². The van der Waals surface area contributed by atoms with Crippen LogP contribution in [0.1, 0.15) is 71.6 Å². The molecule has 0 aliphatic heterocycles. The Morgan fingerprint density at radius 3 is 2.52 bits per heavy atom. The molecule has 13 nitrogen and oxygen atoms in total. The molecule has 1 amide bonds. The Kier molecular flexibility index (Phi) is 10.2. The molecule has 3 fully saturated rings. The number of carbonyl (C=O) groups is 4. The van der Waals surface area contributed by atoms with E-state index in [1.54, 1.807) is 13.8 Å². The highest BCUT2D eigenvalue weighted by atomic mass is 19.1. The van der Waals surface area contributed by atoms with Crippen molar-refractivity contribution in [3.63, 3.8) is 0 Å². The number of amides is 1. The monoisotopic (exact) mass is 626 g/mol. The van der Waals surface area contributed by atoms with Crippen molar-refractivity contribution in [3.8, 4) is 0 Å². The number of Topliss-reactive ketones (excluding diaryl/α,β-unsaturated/α-hetero) is 1. The number of ketones is 2. The summed E-state index contributed by atoms with van der Waals surface area (Å²) in [6.07, 6.45) is 2.77. The highest BCUT2D eigenvalue weighted by Gasteiger charge is 2.76. The van der Waals surface area contributed by atoms with Crippen LogP contribution in [0.25, 0.3) is 0 Å². The van der Waals surface area contributed by atoms with Crippen molar-refractivity contribution in [2.24, 2.45) is 22.7 Å². The van der Waals surface area contributed by atoms with Crippen LogP contribution in [0, 0.1) is 22.7 Å². The number of ether oxygens (including phenoxy) is 1. The van der Waals surface area contributed by atoms with Crippen LogP contribution in [0.4, 0.5) is 4.39 Å². The third-order valence-corrected chi connectivity index (χ3v) is 10.6. The minimum Gasteiger partial charge on any atom is -0.457 e. The number of nitrogens with zero attached hydrogens (tertiary/aromatic N) is 1. The lowest BCUT2D eigenvalue weighted by Crippen LogP contribution is -2.69. The van der Waals surface area contributed by atoms with E-state index in [9.17, 15) is 34.5 Å². The van der Waals surface area contributed by atoms with Gasteiger partial charge in [0.2, 0.25) is 11.7 Å². The fourth-order valence-corrected chi connectivity index (χ4v) is 8.16. The predicted octanol–water partition coefficient (Wildman–Crippen LogP) is 1.25. The van der Waals surface area contributed by atoms with E-state index in [1.807, 2.05) is 0 Å². The number of unbranched alkanes of at least 4 members (excludes halogenated alkanes) is 2. The van der Waals surface area contributed by atoms with Crippen LogP contribution in [0.3, 0.4) is 0 Å². The Bertz CT molecular complexity index is 1210. The molecule has 0 unspecified atom stereocenters. The smallest absolute Gasteiger partial charge is 0.308 e. The van der Waals surface area contributed by atoms with E-state index in [0.717, 1.165) is 0 Å². The van der Waals surface area contributed by atoms with Gasteiger partial charge >= 0.3 is 5.97 Å². The number of aliphatic hydroxyl groups excluding tert-OH is 2. The summed E-state index contributed by atoms with van der Waals surface area (Å²) in [5.41, 5.74) is -6.69. The van der Waals surface area contributed by atoms with Crippen LogP contribution >= 0.6 is 0 Å². The van der Waals surface area contributed by atoms with E-state index in [-0.39, 0.29) is 62.3 Å². The topological polar surface area (TPSA) is 203 Å². The van der Waals surface area contributed by atoms with Gasteiger partial charge in [-0.15, -0.1) is 0 Å². The number of halogens is 1. The second-order valence-corrected chi connectivity index (χ2v) is 12.9. The summed E-state index contributed by atoms with van der Waals surface area (Å²) >= 11 is 0. The molecule has 6 N–H and O–H groups in total. The highest BCUT2D eigenvalue weighted by Crippen LogP contribution is 2.69. The van der Waals surface area contributed by atoms with Gasteiger partial charge < -0.3 is 25.4 Å². The molecule has 4 rings (SSSR count). The number of allylic oxidation sites excluding steroid dienone is 4. The Hall–Kier alpha value is -2.59. The van der Waals surface area contributed by atoms with Gasteiger partial charge in [0.1, 0.15) is 0 Å². The number of fused-ring (bicyclic) bond motifs is 5. The van der Waals surface area contributed by atoms with Crippen molar-refractivity contribution in [2.75, 3.05) is 19.8 Å². The average Bonchev–Trinajstić information content (AvgIpc) is 3.16. The van der Waals surface area contributed by atoms with Gasteiger partial charge in [0, 0.05) is 29.7 Å². The van der Waals surface area contributed by atoms with Crippen molar-refractivity contribution in [1.82, 2.24) is 10.7 Å². The summed E-state index contributed by atoms with van der Waals surface area (Å²) in [6, 6.07) is 0. The second-order valence-electron chi connectivity index (χ2n) is 12.9. The third kappa shape index (κ3) is 5.88. The fourth-order valence-electron chi connectivity index (χ4n) is 8.16. The van der Waals surface area contributed by atoms with Gasteiger partial charge in [-0.1, -0.05) is 25.0 Å². The number of esters is 1. The first kappa shape index (κ1) is 34.3. The van der Waals surface area contributed by atoms with Gasteiger partial charge in [0.05, 0.1) is 30.6 Å². The Balaban J connectivity index is 1.32. The van der Waals surface area contributed by atoms with Crippen molar-refractivity contribution in [2.45, 2.75) is 95.1 Å². The molecule has 0 saturated heterocycles. The maximum Gasteiger partial charge on any atom is 0.308 e. The molecule has 8 atom stereocenters. The molecule has 0 aromatic carbocycles. The number of rotatable bonds is 13. The Labute approximate surface area is 254 Å². The molecule has 0 heterocycles. The zero-order valence-corrected chi connectivity index (χ0v) is 25.0. The molecule has 0 aromatic rings. The average molecular weight is 627 g/mol. The van der Waals surface area contributed by atoms with Crippen LogP contribution in [0.2, 0.25) is 0 Å². The normalized spacial score (nSPS) is 37.6. The third-order valence-electron chi connectivity index (χ3n) is 10.6. The summed E-state index contributed by atoms with van der Waals surface area (Å²) in [7, 11) is 0. The van der Waals surface area contributed by atoms with Crippen LogP contribution in [0.15, 0.2) is 23.8 Å². The Morgan fingerprint density at radius 1 is 1.09 bits per heavy atom. The fraction of sp³-hybridized carbons (Fsp3) is 0.733. The molecule has 14 heteroatoms. The predicted molar refractivity (Wildman–Crippen MR) is 148 cm³/mol. The number of alkyl halides is 1. The molecular formula is C30H43FN2O11. The first-order valence-electron chi connectivity index (χ1n) is 15.1. The van der Waals surface area contributed by atoms with Gasteiger partial charge in [-0.25, -0.2) is 4.39 Å². The van der Waals surface area contributed by atoms with Crippen LogP contribution in [0.5, 0.6) is 0 Å². The summed E-state index contributed by atoms with van der Waals surface area (Å²) in [5, 5.41) is 53.2. The minimum absolute atomic E-state index is 0.0483. The molecule has 44 heavy (non-hydrogen) atoms. The first-order chi connectivity index (χ1) is 20.6. The van der Waals surface area contributed by atoms with Crippen molar-refractivity contribution < 1.29 is 58.9 Å². The summed E-state index contributed by atoms with van der Waals surface area (Å²) in [4.78, 5) is 54.1. The van der Waals surface area contributed by atoms with E-state index >= 15 is 4.39 Å². The van der Waals surface area contributed by atoms with Crippen LogP contribution in [-0.4, -0.2) is 97.8 Å². The molecule has 4 aliphatic rings. The van der Waals surface area contributed by atoms with Crippen LogP contribution in [-0.2, 0) is 28.8 Å². The lowest BCUT2D eigenvalue weighted by molar-refractivity contribution is -0.492.